The van der Waals surface area contributed by atoms with Gasteiger partial charge in [-0.2, -0.15) is 0 Å². The largest absolute Gasteiger partial charge is 0.314 e. The molecular formula is C16H33N. The number of nitrogens with one attached hydrogen (secondary N) is 1. The van der Waals surface area contributed by atoms with Crippen molar-refractivity contribution in [1.82, 2.24) is 5.32 Å². The van der Waals surface area contributed by atoms with E-state index in [1.807, 2.05) is 0 Å². The van der Waals surface area contributed by atoms with Crippen molar-refractivity contribution < 1.29 is 0 Å². The molecule has 0 radical (unpaired) electrons. The molecule has 0 saturated heterocycles. The van der Waals surface area contributed by atoms with Gasteiger partial charge in [0.15, 0.2) is 0 Å². The van der Waals surface area contributed by atoms with Gasteiger partial charge in [0, 0.05) is 6.04 Å². The third-order valence-electron chi connectivity index (χ3n) is 4.75. The molecule has 1 saturated carbocycles. The van der Waals surface area contributed by atoms with Crippen molar-refractivity contribution in [3.63, 3.8) is 0 Å². The maximum absolute atomic E-state index is 3.82. The lowest BCUT2D eigenvalue weighted by Crippen LogP contribution is -2.39. The molecule has 1 rings (SSSR count). The minimum Gasteiger partial charge on any atom is -0.314 e. The van der Waals surface area contributed by atoms with Crippen LogP contribution in [-0.4, -0.2) is 12.6 Å². The fourth-order valence-corrected chi connectivity index (χ4v) is 3.36. The molecule has 0 aliphatic heterocycles. The predicted octanol–water partition coefficient (Wildman–Crippen LogP) is 4.47. The first-order valence-corrected chi connectivity index (χ1v) is 7.75. The summed E-state index contributed by atoms with van der Waals surface area (Å²) in [5.41, 5.74) is 0. The van der Waals surface area contributed by atoms with Gasteiger partial charge in [0.1, 0.15) is 0 Å². The number of hydrogen-bond acceptors (Lipinski definition) is 1. The highest BCUT2D eigenvalue weighted by atomic mass is 14.9. The molecule has 0 aromatic heterocycles. The van der Waals surface area contributed by atoms with Gasteiger partial charge >= 0.3 is 0 Å². The Hall–Kier alpha value is -0.0400. The highest BCUT2D eigenvalue weighted by molar-refractivity contribution is 4.78. The third-order valence-corrected chi connectivity index (χ3v) is 4.75. The fraction of sp³-hybridized carbons (Fsp3) is 1.00. The minimum atomic E-state index is 0.718. The lowest BCUT2D eigenvalue weighted by Gasteiger charge is -2.32. The van der Waals surface area contributed by atoms with E-state index in [-0.39, 0.29) is 0 Å². The van der Waals surface area contributed by atoms with Crippen LogP contribution in [-0.2, 0) is 0 Å². The molecular weight excluding hydrogens is 206 g/mol. The highest BCUT2D eigenvalue weighted by Crippen LogP contribution is 2.27. The zero-order valence-electron chi connectivity index (χ0n) is 12.6. The molecule has 102 valence electrons. The Balaban J connectivity index is 2.32. The van der Waals surface area contributed by atoms with E-state index in [1.165, 1.54) is 38.6 Å². The van der Waals surface area contributed by atoms with Gasteiger partial charge in [-0.1, -0.05) is 47.0 Å². The fourth-order valence-electron chi connectivity index (χ4n) is 3.36. The van der Waals surface area contributed by atoms with Crippen LogP contribution in [0.3, 0.4) is 0 Å². The predicted molar refractivity (Wildman–Crippen MR) is 77.2 cm³/mol. The van der Waals surface area contributed by atoms with Gasteiger partial charge in [-0.15, -0.1) is 0 Å². The molecule has 0 aromatic rings. The average molecular weight is 239 g/mol. The van der Waals surface area contributed by atoms with Crippen molar-refractivity contribution in [2.45, 2.75) is 72.8 Å². The molecule has 0 heterocycles. The Labute approximate surface area is 109 Å². The molecule has 1 fully saturated rings. The van der Waals surface area contributed by atoms with Gasteiger partial charge in [-0.25, -0.2) is 0 Å². The molecule has 0 amide bonds. The van der Waals surface area contributed by atoms with Crippen LogP contribution in [0.1, 0.15) is 66.7 Å². The summed E-state index contributed by atoms with van der Waals surface area (Å²) >= 11 is 0. The van der Waals surface area contributed by atoms with Gasteiger partial charge in [-0.05, 0) is 50.0 Å². The summed E-state index contributed by atoms with van der Waals surface area (Å²) < 4.78 is 0. The summed E-state index contributed by atoms with van der Waals surface area (Å²) in [6.45, 7) is 13.0. The normalized spacial score (nSPS) is 20.5. The summed E-state index contributed by atoms with van der Waals surface area (Å²) in [6, 6.07) is 0.718. The molecule has 0 bridgehead atoms. The average Bonchev–Trinajstić information content (AvgIpc) is 2.29. The van der Waals surface area contributed by atoms with E-state index in [2.05, 4.69) is 39.9 Å². The van der Waals surface area contributed by atoms with Crippen LogP contribution in [0, 0.1) is 23.7 Å². The smallest absolute Gasteiger partial charge is 0.00671 e. The standard InChI is InChI=1S/C16H33N/c1-12(2)16(13(3)4)11-17-14(5)15-9-7-6-8-10-15/h12-17H,6-11H2,1-5H3/t14-/m0/s1. The summed E-state index contributed by atoms with van der Waals surface area (Å²) in [6.07, 6.45) is 7.26. The second-order valence-electron chi connectivity index (χ2n) is 6.75. The van der Waals surface area contributed by atoms with Gasteiger partial charge in [0.25, 0.3) is 0 Å². The Kier molecular flexibility index (Phi) is 6.54. The molecule has 1 aliphatic carbocycles. The first kappa shape index (κ1) is 15.0. The molecule has 1 nitrogen and oxygen atoms in total. The zero-order valence-corrected chi connectivity index (χ0v) is 12.6. The minimum absolute atomic E-state index is 0.718. The van der Waals surface area contributed by atoms with Crippen molar-refractivity contribution in [3.05, 3.63) is 0 Å². The highest BCUT2D eigenvalue weighted by Gasteiger charge is 2.22. The number of rotatable bonds is 6. The molecule has 1 aliphatic rings. The maximum atomic E-state index is 3.82. The topological polar surface area (TPSA) is 12.0 Å². The van der Waals surface area contributed by atoms with Gasteiger partial charge in [-0.3, -0.25) is 0 Å². The lowest BCUT2D eigenvalue weighted by molar-refractivity contribution is 0.230. The van der Waals surface area contributed by atoms with Crippen LogP contribution in [0.15, 0.2) is 0 Å². The molecule has 1 atom stereocenters. The molecule has 1 heteroatoms. The lowest BCUT2D eigenvalue weighted by atomic mass is 9.82. The molecule has 1 N–H and O–H groups in total. The molecule has 0 spiro atoms. The first-order chi connectivity index (χ1) is 8.02. The van der Waals surface area contributed by atoms with E-state index in [0.29, 0.717) is 0 Å². The van der Waals surface area contributed by atoms with Crippen molar-refractivity contribution in [2.75, 3.05) is 6.54 Å². The van der Waals surface area contributed by atoms with Crippen molar-refractivity contribution in [1.29, 1.82) is 0 Å². The molecule has 17 heavy (non-hydrogen) atoms. The van der Waals surface area contributed by atoms with Crippen LogP contribution < -0.4 is 5.32 Å². The second kappa shape index (κ2) is 7.41. The maximum Gasteiger partial charge on any atom is 0.00671 e. The van der Waals surface area contributed by atoms with Crippen LogP contribution in [0.4, 0.5) is 0 Å². The number of hydrogen-bond donors (Lipinski definition) is 1. The summed E-state index contributed by atoms with van der Waals surface area (Å²) in [5.74, 6) is 3.34. The van der Waals surface area contributed by atoms with Crippen LogP contribution in [0.25, 0.3) is 0 Å². The van der Waals surface area contributed by atoms with Gasteiger partial charge < -0.3 is 5.32 Å². The second-order valence-corrected chi connectivity index (χ2v) is 6.75. The van der Waals surface area contributed by atoms with E-state index in [0.717, 1.165) is 29.7 Å². The van der Waals surface area contributed by atoms with Crippen LogP contribution in [0.2, 0.25) is 0 Å². The Morgan fingerprint density at radius 2 is 1.41 bits per heavy atom. The van der Waals surface area contributed by atoms with Crippen LogP contribution in [0.5, 0.6) is 0 Å². The Morgan fingerprint density at radius 1 is 0.882 bits per heavy atom. The van der Waals surface area contributed by atoms with Gasteiger partial charge in [0.2, 0.25) is 0 Å². The molecule has 0 unspecified atom stereocenters. The van der Waals surface area contributed by atoms with E-state index >= 15 is 0 Å². The Morgan fingerprint density at radius 3 is 1.88 bits per heavy atom. The zero-order chi connectivity index (χ0) is 12.8. The van der Waals surface area contributed by atoms with Crippen LogP contribution >= 0.6 is 0 Å². The quantitative estimate of drug-likeness (QED) is 0.721. The monoisotopic (exact) mass is 239 g/mol. The van der Waals surface area contributed by atoms with E-state index in [1.54, 1.807) is 0 Å². The van der Waals surface area contributed by atoms with E-state index in [9.17, 15) is 0 Å². The van der Waals surface area contributed by atoms with Crippen molar-refractivity contribution in [3.8, 4) is 0 Å². The third kappa shape index (κ3) is 4.99. The summed E-state index contributed by atoms with van der Waals surface area (Å²) in [5, 5.41) is 3.82. The summed E-state index contributed by atoms with van der Waals surface area (Å²) in [4.78, 5) is 0. The van der Waals surface area contributed by atoms with Gasteiger partial charge in [0.05, 0.1) is 0 Å². The SMILES string of the molecule is CC(C)C(CN[C@@H](C)C1CCCCC1)C(C)C. The summed E-state index contributed by atoms with van der Waals surface area (Å²) in [7, 11) is 0. The molecule has 0 aromatic carbocycles. The Bertz CT molecular complexity index is 184. The van der Waals surface area contributed by atoms with Crippen molar-refractivity contribution >= 4 is 0 Å². The van der Waals surface area contributed by atoms with E-state index in [4.69, 9.17) is 0 Å². The van der Waals surface area contributed by atoms with E-state index < -0.39 is 0 Å². The van der Waals surface area contributed by atoms with Crippen molar-refractivity contribution in [2.24, 2.45) is 23.7 Å². The first-order valence-electron chi connectivity index (χ1n) is 7.75.